The van der Waals surface area contributed by atoms with Crippen LogP contribution >= 0.6 is 0 Å². The molecule has 0 aliphatic heterocycles. The summed E-state index contributed by atoms with van der Waals surface area (Å²) in [5, 5.41) is 3.36. The summed E-state index contributed by atoms with van der Waals surface area (Å²) in [5.41, 5.74) is 2.98. The Kier molecular flexibility index (Phi) is 5.38. The van der Waals surface area contributed by atoms with Crippen LogP contribution in [0, 0.1) is 0 Å². The molecule has 0 aliphatic rings. The maximum atomic E-state index is 11.6. The number of methoxy groups -OCH3 is 1. The van der Waals surface area contributed by atoms with Gasteiger partial charge in [-0.2, -0.15) is 0 Å². The zero-order chi connectivity index (χ0) is 15.1. The quantitative estimate of drug-likeness (QED) is 0.782. The second-order valence-corrected chi connectivity index (χ2v) is 4.84. The van der Waals surface area contributed by atoms with Crippen molar-refractivity contribution in [1.29, 1.82) is 0 Å². The van der Waals surface area contributed by atoms with E-state index in [-0.39, 0.29) is 5.78 Å². The lowest BCUT2D eigenvalue weighted by Crippen LogP contribution is -2.06. The Morgan fingerprint density at radius 2 is 1.81 bits per heavy atom. The minimum Gasteiger partial charge on any atom is -0.496 e. The summed E-state index contributed by atoms with van der Waals surface area (Å²) < 4.78 is 5.34. The first kappa shape index (κ1) is 15.1. The number of nitrogens with one attached hydrogen (secondary N) is 1. The molecule has 0 heterocycles. The molecule has 0 amide bonds. The fourth-order valence-corrected chi connectivity index (χ4v) is 2.23. The number of carbonyl (C=O) groups excluding carboxylic acids is 1. The molecule has 0 saturated heterocycles. The molecule has 0 atom stereocenters. The van der Waals surface area contributed by atoms with Gasteiger partial charge < -0.3 is 10.1 Å². The third-order valence-electron chi connectivity index (χ3n) is 3.44. The summed E-state index contributed by atoms with van der Waals surface area (Å²) in [6.45, 7) is 2.70. The molecular formula is C18H21NO2. The number of hydrogen-bond acceptors (Lipinski definition) is 3. The first-order chi connectivity index (χ1) is 10.2. The fourth-order valence-electron chi connectivity index (χ4n) is 2.23. The fraction of sp³-hybridized carbons (Fsp3) is 0.278. The third kappa shape index (κ3) is 4.09. The van der Waals surface area contributed by atoms with E-state index in [0.717, 1.165) is 30.0 Å². The molecule has 2 aromatic rings. The highest BCUT2D eigenvalue weighted by molar-refractivity contribution is 5.96. The van der Waals surface area contributed by atoms with Gasteiger partial charge in [0.1, 0.15) is 5.75 Å². The minimum absolute atomic E-state index is 0.176. The van der Waals surface area contributed by atoms with Crippen LogP contribution in [0.15, 0.2) is 48.5 Å². The van der Waals surface area contributed by atoms with Crippen molar-refractivity contribution in [3.05, 3.63) is 59.7 Å². The monoisotopic (exact) mass is 283 g/mol. The first-order valence-corrected chi connectivity index (χ1v) is 7.23. The molecule has 0 unspecified atom stereocenters. The van der Waals surface area contributed by atoms with Gasteiger partial charge >= 0.3 is 0 Å². The van der Waals surface area contributed by atoms with E-state index in [9.17, 15) is 4.79 Å². The third-order valence-corrected chi connectivity index (χ3v) is 3.44. The van der Waals surface area contributed by atoms with E-state index < -0.39 is 0 Å². The van der Waals surface area contributed by atoms with Crippen molar-refractivity contribution < 1.29 is 9.53 Å². The molecule has 2 aromatic carbocycles. The molecule has 0 bridgehead atoms. The molecule has 110 valence electrons. The Morgan fingerprint density at radius 3 is 2.48 bits per heavy atom. The molecule has 0 radical (unpaired) electrons. The molecule has 2 rings (SSSR count). The van der Waals surface area contributed by atoms with Crippen molar-refractivity contribution in [2.24, 2.45) is 0 Å². The van der Waals surface area contributed by atoms with Gasteiger partial charge in [-0.3, -0.25) is 4.79 Å². The minimum atomic E-state index is 0.176. The van der Waals surface area contributed by atoms with Crippen LogP contribution in [0.5, 0.6) is 5.75 Å². The Balaban J connectivity index is 1.90. The predicted molar refractivity (Wildman–Crippen MR) is 86.3 cm³/mol. The van der Waals surface area contributed by atoms with Crippen LogP contribution in [0.25, 0.3) is 0 Å². The Bertz CT molecular complexity index is 590. The maximum absolute atomic E-state index is 11.6. The number of hydrogen-bond donors (Lipinski definition) is 1. The van der Waals surface area contributed by atoms with E-state index >= 15 is 0 Å². The van der Waals surface area contributed by atoms with Crippen LogP contribution in [-0.4, -0.2) is 19.4 Å². The highest BCUT2D eigenvalue weighted by Crippen LogP contribution is 2.18. The second-order valence-electron chi connectivity index (χ2n) is 4.84. The second kappa shape index (κ2) is 7.48. The van der Waals surface area contributed by atoms with E-state index in [2.05, 4.69) is 11.4 Å². The van der Waals surface area contributed by atoms with Gasteiger partial charge in [-0.25, -0.2) is 0 Å². The van der Waals surface area contributed by atoms with Crippen molar-refractivity contribution >= 4 is 11.5 Å². The molecule has 1 N–H and O–H groups in total. The summed E-state index contributed by atoms with van der Waals surface area (Å²) >= 11 is 0. The van der Waals surface area contributed by atoms with E-state index in [1.807, 2.05) is 49.4 Å². The van der Waals surface area contributed by atoms with Crippen LogP contribution in [0.2, 0.25) is 0 Å². The molecule has 0 saturated carbocycles. The van der Waals surface area contributed by atoms with Gasteiger partial charge in [0.2, 0.25) is 0 Å². The Labute approximate surface area is 126 Å². The molecule has 3 nitrogen and oxygen atoms in total. The van der Waals surface area contributed by atoms with Crippen molar-refractivity contribution in [3.8, 4) is 5.75 Å². The van der Waals surface area contributed by atoms with Crippen LogP contribution in [0.1, 0.15) is 29.3 Å². The first-order valence-electron chi connectivity index (χ1n) is 7.23. The Morgan fingerprint density at radius 1 is 1.10 bits per heavy atom. The zero-order valence-electron chi connectivity index (χ0n) is 12.6. The van der Waals surface area contributed by atoms with Crippen LogP contribution in [0.3, 0.4) is 0 Å². The van der Waals surface area contributed by atoms with Crippen molar-refractivity contribution in [3.63, 3.8) is 0 Å². The van der Waals surface area contributed by atoms with Crippen molar-refractivity contribution in [1.82, 2.24) is 0 Å². The largest absolute Gasteiger partial charge is 0.496 e. The normalized spacial score (nSPS) is 10.2. The number of ketones is 1. The standard InChI is InChI=1S/C18H21NO2/c1-3-17(20)14-8-10-16(11-9-14)19-13-12-15-6-4-5-7-18(15)21-2/h4-11,19H,3,12-13H2,1-2H3. The van der Waals surface area contributed by atoms with E-state index in [1.54, 1.807) is 7.11 Å². The summed E-state index contributed by atoms with van der Waals surface area (Å²) in [4.78, 5) is 11.6. The number of carbonyl (C=O) groups is 1. The summed E-state index contributed by atoms with van der Waals surface area (Å²) in [5.74, 6) is 1.10. The Hall–Kier alpha value is -2.29. The molecule has 21 heavy (non-hydrogen) atoms. The number of benzene rings is 2. The molecular weight excluding hydrogens is 262 g/mol. The van der Waals surface area contributed by atoms with Gasteiger partial charge in [0.05, 0.1) is 7.11 Å². The van der Waals surface area contributed by atoms with Crippen molar-refractivity contribution in [2.45, 2.75) is 19.8 Å². The van der Waals surface area contributed by atoms with Crippen LogP contribution in [-0.2, 0) is 6.42 Å². The molecule has 0 aromatic heterocycles. The summed E-state index contributed by atoms with van der Waals surface area (Å²) in [6.07, 6.45) is 1.43. The van der Waals surface area contributed by atoms with Gasteiger partial charge in [-0.1, -0.05) is 25.1 Å². The number of para-hydroxylation sites is 1. The molecule has 0 fully saturated rings. The lowest BCUT2D eigenvalue weighted by molar-refractivity contribution is 0.0988. The van der Waals surface area contributed by atoms with Crippen LogP contribution < -0.4 is 10.1 Å². The number of anilines is 1. The average Bonchev–Trinajstić information content (AvgIpc) is 2.55. The van der Waals surface area contributed by atoms with Crippen LogP contribution in [0.4, 0.5) is 5.69 Å². The van der Waals surface area contributed by atoms with E-state index in [0.29, 0.717) is 6.42 Å². The smallest absolute Gasteiger partial charge is 0.162 e. The number of Topliss-reactive ketones (excluding diaryl/α,β-unsaturated/α-hetero) is 1. The van der Waals surface area contributed by atoms with E-state index in [4.69, 9.17) is 4.74 Å². The van der Waals surface area contributed by atoms with E-state index in [1.165, 1.54) is 5.56 Å². The van der Waals surface area contributed by atoms with Gasteiger partial charge in [-0.15, -0.1) is 0 Å². The topological polar surface area (TPSA) is 38.3 Å². The van der Waals surface area contributed by atoms with Gasteiger partial charge in [0, 0.05) is 24.2 Å². The van der Waals surface area contributed by atoms with Gasteiger partial charge in [-0.05, 0) is 42.3 Å². The molecule has 3 heteroatoms. The van der Waals surface area contributed by atoms with Gasteiger partial charge in [0.25, 0.3) is 0 Å². The summed E-state index contributed by atoms with van der Waals surface area (Å²) in [6, 6.07) is 15.7. The summed E-state index contributed by atoms with van der Waals surface area (Å²) in [7, 11) is 1.69. The molecule has 0 aliphatic carbocycles. The highest BCUT2D eigenvalue weighted by atomic mass is 16.5. The zero-order valence-corrected chi connectivity index (χ0v) is 12.6. The number of ether oxygens (including phenoxy) is 1. The predicted octanol–water partition coefficient (Wildman–Crippen LogP) is 3.94. The SMILES string of the molecule is CCC(=O)c1ccc(NCCc2ccccc2OC)cc1. The lowest BCUT2D eigenvalue weighted by Gasteiger charge is -2.10. The average molecular weight is 283 g/mol. The lowest BCUT2D eigenvalue weighted by atomic mass is 10.1. The molecule has 0 spiro atoms. The van der Waals surface area contributed by atoms with Gasteiger partial charge in [0.15, 0.2) is 5.78 Å². The highest BCUT2D eigenvalue weighted by Gasteiger charge is 2.03. The maximum Gasteiger partial charge on any atom is 0.162 e. The van der Waals surface area contributed by atoms with Crippen molar-refractivity contribution in [2.75, 3.05) is 19.0 Å². The number of rotatable bonds is 7.